The Hall–Kier alpha value is 0.270. The zero-order valence-electron chi connectivity index (χ0n) is 8.99. The summed E-state index contributed by atoms with van der Waals surface area (Å²) in [6.07, 6.45) is 7.33. The summed E-state index contributed by atoms with van der Waals surface area (Å²) in [5.74, 6) is 1.01. The van der Waals surface area contributed by atoms with Gasteiger partial charge in [0.15, 0.2) is 0 Å². The Labute approximate surface area is 93.1 Å². The SMILES string of the molecule is OCCCC1CCCN1CCCCS. The zero-order valence-corrected chi connectivity index (χ0v) is 9.88. The molecule has 14 heavy (non-hydrogen) atoms. The lowest BCUT2D eigenvalue weighted by molar-refractivity contribution is 0.214. The summed E-state index contributed by atoms with van der Waals surface area (Å²) in [5, 5.41) is 8.80. The van der Waals surface area contributed by atoms with E-state index in [9.17, 15) is 0 Å². The van der Waals surface area contributed by atoms with Crippen LogP contribution in [-0.4, -0.2) is 41.5 Å². The number of hydrogen-bond acceptors (Lipinski definition) is 3. The van der Waals surface area contributed by atoms with E-state index in [4.69, 9.17) is 5.11 Å². The van der Waals surface area contributed by atoms with E-state index in [1.54, 1.807) is 0 Å². The van der Waals surface area contributed by atoms with E-state index in [0.717, 1.165) is 18.2 Å². The minimum absolute atomic E-state index is 0.348. The average molecular weight is 217 g/mol. The first-order valence-corrected chi connectivity index (χ1v) is 6.47. The second-order valence-electron chi connectivity index (χ2n) is 4.13. The van der Waals surface area contributed by atoms with Crippen LogP contribution in [0.2, 0.25) is 0 Å². The smallest absolute Gasteiger partial charge is 0.0431 e. The van der Waals surface area contributed by atoms with Gasteiger partial charge in [-0.2, -0.15) is 12.6 Å². The van der Waals surface area contributed by atoms with Crippen LogP contribution < -0.4 is 0 Å². The maximum absolute atomic E-state index is 8.80. The molecule has 1 fully saturated rings. The van der Waals surface area contributed by atoms with E-state index in [2.05, 4.69) is 17.5 Å². The molecular weight excluding hydrogens is 194 g/mol. The van der Waals surface area contributed by atoms with Crippen LogP contribution in [0.25, 0.3) is 0 Å². The van der Waals surface area contributed by atoms with Gasteiger partial charge < -0.3 is 10.0 Å². The fourth-order valence-electron chi connectivity index (χ4n) is 2.27. The van der Waals surface area contributed by atoms with Gasteiger partial charge in [-0.05, 0) is 57.4 Å². The van der Waals surface area contributed by atoms with Gasteiger partial charge in [0.2, 0.25) is 0 Å². The third kappa shape index (κ3) is 4.20. The number of hydrogen-bond donors (Lipinski definition) is 2. The predicted molar refractivity (Wildman–Crippen MR) is 64.0 cm³/mol. The lowest BCUT2D eigenvalue weighted by atomic mass is 10.1. The lowest BCUT2D eigenvalue weighted by Crippen LogP contribution is -2.30. The van der Waals surface area contributed by atoms with Crippen LogP contribution in [0.1, 0.15) is 38.5 Å². The number of aliphatic hydroxyl groups is 1. The summed E-state index contributed by atoms with van der Waals surface area (Å²) < 4.78 is 0. The van der Waals surface area contributed by atoms with Crippen LogP contribution in [0.4, 0.5) is 0 Å². The van der Waals surface area contributed by atoms with Crippen LogP contribution >= 0.6 is 12.6 Å². The van der Waals surface area contributed by atoms with Crippen molar-refractivity contribution in [2.45, 2.75) is 44.6 Å². The molecule has 0 amide bonds. The molecule has 0 saturated carbocycles. The standard InChI is InChI=1S/C11H23NOS/c13-9-4-6-11-5-3-8-12(11)7-1-2-10-14/h11,13-14H,1-10H2. The molecule has 1 aliphatic rings. The topological polar surface area (TPSA) is 23.5 Å². The third-order valence-electron chi connectivity index (χ3n) is 3.05. The highest BCUT2D eigenvalue weighted by atomic mass is 32.1. The molecule has 1 rings (SSSR count). The second-order valence-corrected chi connectivity index (χ2v) is 4.58. The summed E-state index contributed by atoms with van der Waals surface area (Å²) in [5.41, 5.74) is 0. The van der Waals surface area contributed by atoms with Gasteiger partial charge in [0.1, 0.15) is 0 Å². The Kier molecular flexibility index (Phi) is 6.65. The van der Waals surface area contributed by atoms with Crippen molar-refractivity contribution < 1.29 is 5.11 Å². The Morgan fingerprint density at radius 2 is 2.14 bits per heavy atom. The summed E-state index contributed by atoms with van der Waals surface area (Å²) in [4.78, 5) is 2.60. The third-order valence-corrected chi connectivity index (χ3v) is 3.36. The molecule has 84 valence electrons. The molecule has 1 N–H and O–H groups in total. The van der Waals surface area contributed by atoms with E-state index in [1.165, 1.54) is 45.2 Å². The summed E-state index contributed by atoms with van der Waals surface area (Å²) in [7, 11) is 0. The minimum atomic E-state index is 0.348. The molecule has 0 aromatic heterocycles. The summed E-state index contributed by atoms with van der Waals surface area (Å²) in [6, 6.07) is 0.752. The fraction of sp³-hybridized carbons (Fsp3) is 1.00. The van der Waals surface area contributed by atoms with Crippen LogP contribution in [0, 0.1) is 0 Å². The molecule has 3 heteroatoms. The highest BCUT2D eigenvalue weighted by Gasteiger charge is 2.22. The normalized spacial score (nSPS) is 23.1. The summed E-state index contributed by atoms with van der Waals surface area (Å²) >= 11 is 4.22. The quantitative estimate of drug-likeness (QED) is 0.503. The van der Waals surface area contributed by atoms with Gasteiger partial charge in [0.05, 0.1) is 0 Å². The van der Waals surface area contributed by atoms with Crippen LogP contribution in [0.3, 0.4) is 0 Å². The lowest BCUT2D eigenvalue weighted by Gasteiger charge is -2.24. The predicted octanol–water partition coefficient (Wildman–Crippen LogP) is 1.93. The van der Waals surface area contributed by atoms with Gasteiger partial charge in [-0.25, -0.2) is 0 Å². The molecule has 0 aliphatic carbocycles. The van der Waals surface area contributed by atoms with E-state index in [0.29, 0.717) is 6.61 Å². The van der Waals surface area contributed by atoms with Crippen molar-refractivity contribution >= 4 is 12.6 Å². The molecule has 0 aromatic carbocycles. The highest BCUT2D eigenvalue weighted by molar-refractivity contribution is 7.80. The van der Waals surface area contributed by atoms with Gasteiger partial charge >= 0.3 is 0 Å². The average Bonchev–Trinajstić information content (AvgIpc) is 2.63. The molecular formula is C11H23NOS. The van der Waals surface area contributed by atoms with E-state index < -0.39 is 0 Å². The van der Waals surface area contributed by atoms with Crippen molar-refractivity contribution in [3.8, 4) is 0 Å². The fourth-order valence-corrected chi connectivity index (χ4v) is 2.49. The van der Waals surface area contributed by atoms with E-state index >= 15 is 0 Å². The number of likely N-dealkylation sites (tertiary alicyclic amines) is 1. The Bertz CT molecular complexity index is 143. The highest BCUT2D eigenvalue weighted by Crippen LogP contribution is 2.21. The van der Waals surface area contributed by atoms with Gasteiger partial charge in [0, 0.05) is 12.6 Å². The first kappa shape index (κ1) is 12.3. The molecule has 1 heterocycles. The van der Waals surface area contributed by atoms with Crippen LogP contribution in [-0.2, 0) is 0 Å². The van der Waals surface area contributed by atoms with Crippen molar-refractivity contribution in [1.82, 2.24) is 4.90 Å². The molecule has 1 saturated heterocycles. The van der Waals surface area contributed by atoms with Crippen molar-refractivity contribution in [2.24, 2.45) is 0 Å². The van der Waals surface area contributed by atoms with Gasteiger partial charge in [0.25, 0.3) is 0 Å². The molecule has 0 aromatic rings. The number of nitrogens with zero attached hydrogens (tertiary/aromatic N) is 1. The molecule has 1 unspecified atom stereocenters. The van der Waals surface area contributed by atoms with E-state index in [1.807, 2.05) is 0 Å². The number of unbranched alkanes of at least 4 members (excludes halogenated alkanes) is 1. The first-order valence-electron chi connectivity index (χ1n) is 5.84. The monoisotopic (exact) mass is 217 g/mol. The Morgan fingerprint density at radius 3 is 2.86 bits per heavy atom. The first-order chi connectivity index (χ1) is 6.88. The molecule has 1 atom stereocenters. The Balaban J connectivity index is 2.14. The molecule has 1 aliphatic heterocycles. The number of thiol groups is 1. The van der Waals surface area contributed by atoms with Crippen LogP contribution in [0.5, 0.6) is 0 Å². The van der Waals surface area contributed by atoms with Gasteiger partial charge in [-0.3, -0.25) is 0 Å². The number of rotatable bonds is 7. The van der Waals surface area contributed by atoms with Crippen molar-refractivity contribution in [3.05, 3.63) is 0 Å². The maximum atomic E-state index is 8.80. The maximum Gasteiger partial charge on any atom is 0.0431 e. The zero-order chi connectivity index (χ0) is 10.2. The van der Waals surface area contributed by atoms with E-state index in [-0.39, 0.29) is 0 Å². The van der Waals surface area contributed by atoms with Crippen molar-refractivity contribution in [2.75, 3.05) is 25.4 Å². The van der Waals surface area contributed by atoms with Crippen molar-refractivity contribution in [3.63, 3.8) is 0 Å². The van der Waals surface area contributed by atoms with Gasteiger partial charge in [-0.1, -0.05) is 0 Å². The Morgan fingerprint density at radius 1 is 1.29 bits per heavy atom. The van der Waals surface area contributed by atoms with Gasteiger partial charge in [-0.15, -0.1) is 0 Å². The molecule has 0 bridgehead atoms. The van der Waals surface area contributed by atoms with Crippen molar-refractivity contribution in [1.29, 1.82) is 0 Å². The summed E-state index contributed by atoms with van der Waals surface area (Å²) in [6.45, 7) is 2.85. The minimum Gasteiger partial charge on any atom is -0.396 e. The molecule has 0 radical (unpaired) electrons. The molecule has 0 spiro atoms. The van der Waals surface area contributed by atoms with Crippen LogP contribution in [0.15, 0.2) is 0 Å². The molecule has 2 nitrogen and oxygen atoms in total. The largest absolute Gasteiger partial charge is 0.396 e. The number of aliphatic hydroxyl groups excluding tert-OH is 1. The second kappa shape index (κ2) is 7.55.